The van der Waals surface area contributed by atoms with Crippen LogP contribution in [0.15, 0.2) is 47.5 Å². The molecule has 1 atom stereocenters. The molecule has 0 aliphatic carbocycles. The maximum Gasteiger partial charge on any atom is 0.191 e. The summed E-state index contributed by atoms with van der Waals surface area (Å²) in [6.45, 7) is 4.21. The molecule has 1 saturated heterocycles. The number of benzene rings is 2. The van der Waals surface area contributed by atoms with E-state index in [0.717, 1.165) is 63.9 Å². The Morgan fingerprint density at radius 2 is 1.90 bits per heavy atom. The number of aryl methyl sites for hydroxylation is 1. The third-order valence-electron chi connectivity index (χ3n) is 5.46. The summed E-state index contributed by atoms with van der Waals surface area (Å²) in [5.41, 5.74) is 5.04. The van der Waals surface area contributed by atoms with Gasteiger partial charge in [-0.05, 0) is 53.6 Å². The second kappa shape index (κ2) is 10.8. The molecule has 156 valence electrons. The fraction of sp³-hybridized carbons (Fsp3) is 0.435. The lowest BCUT2D eigenvalue weighted by Gasteiger charge is -2.18. The number of hydrogen-bond acceptors (Lipinski definition) is 3. The van der Waals surface area contributed by atoms with Gasteiger partial charge in [-0.1, -0.05) is 30.3 Å². The van der Waals surface area contributed by atoms with Crippen molar-refractivity contribution in [2.24, 2.45) is 10.9 Å². The molecule has 2 aliphatic rings. The topological polar surface area (TPSA) is 54.9 Å². The Morgan fingerprint density at radius 1 is 1.07 bits per heavy atom. The van der Waals surface area contributed by atoms with Crippen molar-refractivity contribution >= 4 is 29.9 Å². The minimum Gasteiger partial charge on any atom is -0.493 e. The molecule has 2 aliphatic heterocycles. The molecule has 5 nitrogen and oxygen atoms in total. The number of guanidine groups is 1. The molecule has 2 heterocycles. The normalized spacial score (nSPS) is 18.4. The summed E-state index contributed by atoms with van der Waals surface area (Å²) >= 11 is 0. The molecule has 0 bridgehead atoms. The average molecular weight is 507 g/mol. The quantitative estimate of drug-likeness (QED) is 0.365. The predicted molar refractivity (Wildman–Crippen MR) is 128 cm³/mol. The van der Waals surface area contributed by atoms with Crippen LogP contribution >= 0.6 is 24.0 Å². The van der Waals surface area contributed by atoms with Crippen LogP contribution in [0.5, 0.6) is 5.75 Å². The molecule has 2 N–H and O–H groups in total. The van der Waals surface area contributed by atoms with Gasteiger partial charge in [0.1, 0.15) is 5.75 Å². The number of hydrogen-bond donors (Lipinski definition) is 2. The Balaban J connectivity index is 0.00000240. The van der Waals surface area contributed by atoms with Crippen LogP contribution in [0, 0.1) is 5.92 Å². The Hall–Kier alpha value is -1.80. The van der Waals surface area contributed by atoms with Crippen LogP contribution in [-0.4, -0.2) is 39.4 Å². The van der Waals surface area contributed by atoms with Gasteiger partial charge in [0.2, 0.25) is 0 Å². The molecule has 1 fully saturated rings. The van der Waals surface area contributed by atoms with Gasteiger partial charge in [-0.3, -0.25) is 4.99 Å². The number of rotatable bonds is 5. The lowest BCUT2D eigenvalue weighted by atomic mass is 9.98. The lowest BCUT2D eigenvalue weighted by molar-refractivity contribution is 0.186. The molecule has 0 spiro atoms. The van der Waals surface area contributed by atoms with Crippen molar-refractivity contribution in [2.45, 2.75) is 25.8 Å². The number of ether oxygens (including phenoxy) is 2. The standard InChI is InChI=1S/C23H29N3O2.HI/c1-24-23(26-15-18-10-12-27-16-18)25-14-17-4-6-19(7-5-17)20-8-9-22-21(13-20)3-2-11-28-22;/h4-9,13,18H,2-3,10-12,14-16H2,1H3,(H2,24,25,26);1H. The monoisotopic (exact) mass is 507 g/mol. The van der Waals surface area contributed by atoms with Crippen LogP contribution < -0.4 is 15.4 Å². The molecule has 0 saturated carbocycles. The minimum absolute atomic E-state index is 0. The van der Waals surface area contributed by atoms with E-state index in [0.29, 0.717) is 5.92 Å². The first kappa shape index (κ1) is 21.9. The van der Waals surface area contributed by atoms with Gasteiger partial charge in [0.15, 0.2) is 5.96 Å². The zero-order valence-electron chi connectivity index (χ0n) is 16.9. The summed E-state index contributed by atoms with van der Waals surface area (Å²) in [4.78, 5) is 4.31. The Kier molecular flexibility index (Phi) is 8.18. The van der Waals surface area contributed by atoms with E-state index < -0.39 is 0 Å². The molecule has 0 radical (unpaired) electrons. The fourth-order valence-electron chi connectivity index (χ4n) is 3.75. The molecule has 0 amide bonds. The molecule has 2 aromatic carbocycles. The third kappa shape index (κ3) is 5.85. The van der Waals surface area contributed by atoms with E-state index in [2.05, 4.69) is 58.1 Å². The van der Waals surface area contributed by atoms with Crippen LogP contribution in [0.1, 0.15) is 24.0 Å². The van der Waals surface area contributed by atoms with Crippen molar-refractivity contribution in [1.82, 2.24) is 10.6 Å². The summed E-state index contributed by atoms with van der Waals surface area (Å²) in [6.07, 6.45) is 3.33. The van der Waals surface area contributed by atoms with Crippen molar-refractivity contribution in [1.29, 1.82) is 0 Å². The van der Waals surface area contributed by atoms with E-state index >= 15 is 0 Å². The van der Waals surface area contributed by atoms with Gasteiger partial charge in [-0.2, -0.15) is 0 Å². The van der Waals surface area contributed by atoms with Crippen molar-refractivity contribution < 1.29 is 9.47 Å². The molecule has 6 heteroatoms. The highest BCUT2D eigenvalue weighted by Gasteiger charge is 2.15. The number of fused-ring (bicyclic) bond motifs is 1. The SMILES string of the molecule is CN=C(NCc1ccc(-c2ccc3c(c2)CCCO3)cc1)NCC1CCOC1.I. The van der Waals surface area contributed by atoms with Gasteiger partial charge in [0.25, 0.3) is 0 Å². The van der Waals surface area contributed by atoms with Crippen LogP contribution in [0.3, 0.4) is 0 Å². The van der Waals surface area contributed by atoms with E-state index in [1.165, 1.54) is 22.3 Å². The molecule has 0 aromatic heterocycles. The van der Waals surface area contributed by atoms with E-state index in [4.69, 9.17) is 9.47 Å². The summed E-state index contributed by atoms with van der Waals surface area (Å²) in [5.74, 6) is 2.46. The maximum absolute atomic E-state index is 5.72. The predicted octanol–water partition coefficient (Wildman–Crippen LogP) is 4.00. The minimum atomic E-state index is 0. The van der Waals surface area contributed by atoms with E-state index in [1.807, 2.05) is 7.05 Å². The average Bonchev–Trinajstić information content (AvgIpc) is 3.27. The second-order valence-electron chi connectivity index (χ2n) is 7.51. The van der Waals surface area contributed by atoms with Gasteiger partial charge < -0.3 is 20.1 Å². The lowest BCUT2D eigenvalue weighted by Crippen LogP contribution is -2.39. The van der Waals surface area contributed by atoms with Gasteiger partial charge in [0.05, 0.1) is 13.2 Å². The summed E-state index contributed by atoms with van der Waals surface area (Å²) in [6, 6.07) is 15.2. The molecule has 1 unspecified atom stereocenters. The van der Waals surface area contributed by atoms with Crippen LogP contribution in [-0.2, 0) is 17.7 Å². The highest BCUT2D eigenvalue weighted by Crippen LogP contribution is 2.30. The van der Waals surface area contributed by atoms with Crippen molar-refractivity contribution in [2.75, 3.05) is 33.4 Å². The van der Waals surface area contributed by atoms with Crippen molar-refractivity contribution in [3.63, 3.8) is 0 Å². The number of halogens is 1. The van der Waals surface area contributed by atoms with Gasteiger partial charge in [-0.15, -0.1) is 24.0 Å². The molecule has 2 aromatic rings. The summed E-state index contributed by atoms with van der Waals surface area (Å²) in [5, 5.41) is 6.79. The highest BCUT2D eigenvalue weighted by atomic mass is 127. The third-order valence-corrected chi connectivity index (χ3v) is 5.46. The van der Waals surface area contributed by atoms with E-state index in [-0.39, 0.29) is 24.0 Å². The zero-order valence-corrected chi connectivity index (χ0v) is 19.3. The number of nitrogens with one attached hydrogen (secondary N) is 2. The maximum atomic E-state index is 5.72. The van der Waals surface area contributed by atoms with Gasteiger partial charge >= 0.3 is 0 Å². The zero-order chi connectivity index (χ0) is 19.2. The van der Waals surface area contributed by atoms with E-state index in [9.17, 15) is 0 Å². The number of nitrogens with zero attached hydrogens (tertiary/aromatic N) is 1. The van der Waals surface area contributed by atoms with Crippen LogP contribution in [0.4, 0.5) is 0 Å². The molecular weight excluding hydrogens is 477 g/mol. The Morgan fingerprint density at radius 3 is 2.66 bits per heavy atom. The number of aliphatic imine (C=N–C) groups is 1. The van der Waals surface area contributed by atoms with Crippen LogP contribution in [0.2, 0.25) is 0 Å². The Bertz CT molecular complexity index is 817. The summed E-state index contributed by atoms with van der Waals surface area (Å²) < 4.78 is 11.1. The molecule has 29 heavy (non-hydrogen) atoms. The first-order valence-corrected chi connectivity index (χ1v) is 10.2. The first-order valence-electron chi connectivity index (χ1n) is 10.2. The van der Waals surface area contributed by atoms with E-state index in [1.54, 1.807) is 0 Å². The highest BCUT2D eigenvalue weighted by molar-refractivity contribution is 14.0. The second-order valence-corrected chi connectivity index (χ2v) is 7.51. The molecular formula is C23H30IN3O2. The van der Waals surface area contributed by atoms with Crippen LogP contribution in [0.25, 0.3) is 11.1 Å². The Labute approximate surface area is 190 Å². The van der Waals surface area contributed by atoms with Crippen molar-refractivity contribution in [3.8, 4) is 16.9 Å². The fourth-order valence-corrected chi connectivity index (χ4v) is 3.75. The first-order chi connectivity index (χ1) is 13.8. The smallest absolute Gasteiger partial charge is 0.191 e. The molecule has 4 rings (SSSR count). The van der Waals surface area contributed by atoms with Crippen molar-refractivity contribution in [3.05, 3.63) is 53.6 Å². The van der Waals surface area contributed by atoms with Gasteiger partial charge in [0, 0.05) is 32.7 Å². The van der Waals surface area contributed by atoms with Gasteiger partial charge in [-0.25, -0.2) is 0 Å². The largest absolute Gasteiger partial charge is 0.493 e. The summed E-state index contributed by atoms with van der Waals surface area (Å²) in [7, 11) is 1.81.